The fourth-order valence-corrected chi connectivity index (χ4v) is 5.19. The van der Waals surface area contributed by atoms with Crippen LogP contribution in [0.3, 0.4) is 0 Å². The summed E-state index contributed by atoms with van der Waals surface area (Å²) in [6.45, 7) is 3.70. The minimum Gasteiger partial charge on any atom is -0.445 e. The van der Waals surface area contributed by atoms with Crippen molar-refractivity contribution in [3.8, 4) is 5.75 Å². The Morgan fingerprint density at radius 2 is 1.55 bits per heavy atom. The molecular weight excluding hydrogens is 461 g/mol. The Hall–Kier alpha value is -2.34. The van der Waals surface area contributed by atoms with Gasteiger partial charge in [-0.2, -0.15) is 0 Å². The van der Waals surface area contributed by atoms with Crippen molar-refractivity contribution >= 4 is 24.1 Å². The topological polar surface area (TPSA) is 88.3 Å². The first-order chi connectivity index (χ1) is 15.7. The molecule has 0 aromatic heterocycles. The van der Waals surface area contributed by atoms with Crippen LogP contribution in [0.4, 0.5) is 22.8 Å². The van der Waals surface area contributed by atoms with E-state index < -0.39 is 12.5 Å². The summed E-state index contributed by atoms with van der Waals surface area (Å²) in [4.78, 5) is 30.7. The van der Waals surface area contributed by atoms with E-state index in [1.807, 2.05) is 9.80 Å². The van der Waals surface area contributed by atoms with Gasteiger partial charge in [0.2, 0.25) is 0 Å². The number of amides is 3. The molecule has 0 aliphatic carbocycles. The molecule has 1 aromatic rings. The zero-order valence-electron chi connectivity index (χ0n) is 18.0. The first kappa shape index (κ1) is 23.8. The van der Waals surface area contributed by atoms with E-state index >= 15 is 0 Å². The fourth-order valence-electron chi connectivity index (χ4n) is 4.71. The van der Waals surface area contributed by atoms with E-state index in [1.165, 1.54) is 36.2 Å². The third-order valence-corrected chi connectivity index (χ3v) is 7.30. The first-order valence-electron chi connectivity index (χ1n) is 10.9. The molecule has 2 unspecified atom stereocenters. The second-order valence-corrected chi connectivity index (χ2v) is 9.62. The van der Waals surface area contributed by atoms with Gasteiger partial charge in [0.05, 0.1) is 0 Å². The lowest BCUT2D eigenvalue weighted by Crippen LogP contribution is -2.47. The van der Waals surface area contributed by atoms with E-state index in [0.717, 1.165) is 25.9 Å². The number of hydrogen-bond donors (Lipinski definition) is 1. The fraction of sp³-hybridized carbons (Fsp3) is 0.619. The number of rotatable bonds is 4. The molecule has 0 bridgehead atoms. The van der Waals surface area contributed by atoms with Crippen LogP contribution in [0.2, 0.25) is 0 Å². The van der Waals surface area contributed by atoms with E-state index in [1.54, 1.807) is 4.90 Å². The van der Waals surface area contributed by atoms with E-state index in [9.17, 15) is 22.8 Å². The molecule has 182 valence electrons. The van der Waals surface area contributed by atoms with Crippen molar-refractivity contribution in [1.29, 1.82) is 0 Å². The molecule has 12 heteroatoms. The number of halogens is 3. The number of alkyl halides is 3. The van der Waals surface area contributed by atoms with Gasteiger partial charge in [-0.25, -0.2) is 9.59 Å². The lowest BCUT2D eigenvalue weighted by atomic mass is 10.0. The Labute approximate surface area is 194 Å². The standard InChI is InChI=1S/C21H27F3N4O4S/c22-21(23,24)32-17-3-1-14(2-4-17)13-31-20(30)28-11-15-9-27(10-16(15)12-28)19(29)26-7-5-18(33-25)6-8-26/h1-4,15-16,18H,5-13,25H2. The van der Waals surface area contributed by atoms with Gasteiger partial charge < -0.3 is 24.2 Å². The maximum absolute atomic E-state index is 12.8. The van der Waals surface area contributed by atoms with Crippen molar-refractivity contribution in [2.45, 2.75) is 31.1 Å². The van der Waals surface area contributed by atoms with Crippen LogP contribution in [-0.4, -0.2) is 77.7 Å². The molecule has 3 amide bonds. The number of nitrogens with two attached hydrogens (primary N) is 1. The van der Waals surface area contributed by atoms with Crippen LogP contribution < -0.4 is 9.88 Å². The van der Waals surface area contributed by atoms with E-state index in [2.05, 4.69) is 4.74 Å². The number of benzene rings is 1. The highest BCUT2D eigenvalue weighted by atomic mass is 32.2. The molecule has 3 saturated heterocycles. The van der Waals surface area contributed by atoms with Crippen LogP contribution in [0.5, 0.6) is 5.75 Å². The zero-order chi connectivity index (χ0) is 23.6. The summed E-state index contributed by atoms with van der Waals surface area (Å²) in [6.07, 6.45) is -3.39. The molecule has 2 N–H and O–H groups in total. The number of likely N-dealkylation sites (tertiary alicyclic amines) is 3. The van der Waals surface area contributed by atoms with Crippen LogP contribution in [0.1, 0.15) is 18.4 Å². The normalized spacial score (nSPS) is 23.6. The predicted octanol–water partition coefficient (Wildman–Crippen LogP) is 3.28. The molecule has 2 atom stereocenters. The van der Waals surface area contributed by atoms with Crippen LogP contribution in [-0.2, 0) is 11.3 Å². The van der Waals surface area contributed by atoms with Gasteiger partial charge in [0.1, 0.15) is 12.4 Å². The number of carbonyl (C=O) groups is 2. The number of hydrogen-bond acceptors (Lipinski definition) is 6. The van der Waals surface area contributed by atoms with Gasteiger partial charge in [-0.3, -0.25) is 5.14 Å². The Morgan fingerprint density at radius 1 is 0.970 bits per heavy atom. The van der Waals surface area contributed by atoms with Gasteiger partial charge in [-0.05, 0) is 30.5 Å². The maximum atomic E-state index is 12.8. The molecule has 33 heavy (non-hydrogen) atoms. The number of nitrogens with zero attached hydrogens (tertiary/aromatic N) is 3. The van der Waals surface area contributed by atoms with Crippen LogP contribution in [0.15, 0.2) is 24.3 Å². The van der Waals surface area contributed by atoms with Crippen molar-refractivity contribution in [2.75, 3.05) is 39.3 Å². The van der Waals surface area contributed by atoms with Crippen LogP contribution >= 0.6 is 11.9 Å². The monoisotopic (exact) mass is 488 g/mol. The second kappa shape index (κ2) is 9.88. The number of ether oxygens (including phenoxy) is 2. The molecule has 0 radical (unpaired) electrons. The van der Waals surface area contributed by atoms with Gasteiger partial charge >= 0.3 is 18.5 Å². The highest BCUT2D eigenvalue weighted by Crippen LogP contribution is 2.33. The Morgan fingerprint density at radius 3 is 2.09 bits per heavy atom. The van der Waals surface area contributed by atoms with E-state index in [4.69, 9.17) is 9.88 Å². The Kier molecular flexibility index (Phi) is 7.13. The number of fused-ring (bicyclic) bond motifs is 1. The van der Waals surface area contributed by atoms with Gasteiger partial charge in [0, 0.05) is 56.4 Å². The maximum Gasteiger partial charge on any atom is 0.573 e. The average molecular weight is 489 g/mol. The van der Waals surface area contributed by atoms with Gasteiger partial charge in [0.15, 0.2) is 0 Å². The lowest BCUT2D eigenvalue weighted by molar-refractivity contribution is -0.274. The van der Waals surface area contributed by atoms with Crippen molar-refractivity contribution in [3.63, 3.8) is 0 Å². The van der Waals surface area contributed by atoms with Gasteiger partial charge in [-0.1, -0.05) is 24.1 Å². The summed E-state index contributed by atoms with van der Waals surface area (Å²) in [5.74, 6) is 0.113. The average Bonchev–Trinajstić information content (AvgIpc) is 3.36. The molecule has 3 heterocycles. The minimum atomic E-state index is -4.75. The lowest BCUT2D eigenvalue weighted by Gasteiger charge is -2.34. The molecule has 3 aliphatic heterocycles. The Balaban J connectivity index is 1.20. The van der Waals surface area contributed by atoms with Gasteiger partial charge in [-0.15, -0.1) is 13.2 Å². The molecule has 8 nitrogen and oxygen atoms in total. The predicted molar refractivity (Wildman–Crippen MR) is 115 cm³/mol. The zero-order valence-corrected chi connectivity index (χ0v) is 18.8. The third kappa shape index (κ3) is 5.97. The summed E-state index contributed by atoms with van der Waals surface area (Å²) >= 11 is 1.37. The molecule has 4 rings (SSSR count). The number of urea groups is 1. The minimum absolute atomic E-state index is 0.0430. The van der Waals surface area contributed by atoms with Gasteiger partial charge in [0.25, 0.3) is 0 Å². The first-order valence-corrected chi connectivity index (χ1v) is 11.8. The Bertz CT molecular complexity index is 835. The number of carbonyl (C=O) groups excluding carboxylic acids is 2. The van der Waals surface area contributed by atoms with E-state index in [-0.39, 0.29) is 30.2 Å². The van der Waals surface area contributed by atoms with Crippen molar-refractivity contribution in [1.82, 2.24) is 14.7 Å². The van der Waals surface area contributed by atoms with Crippen molar-refractivity contribution in [2.24, 2.45) is 17.0 Å². The molecule has 1 aromatic carbocycles. The number of piperidine rings is 1. The van der Waals surface area contributed by atoms with Crippen LogP contribution in [0, 0.1) is 11.8 Å². The highest BCUT2D eigenvalue weighted by Gasteiger charge is 2.44. The molecule has 3 aliphatic rings. The molecule has 0 spiro atoms. The second-order valence-electron chi connectivity index (χ2n) is 8.68. The summed E-state index contributed by atoms with van der Waals surface area (Å²) in [7, 11) is 0. The molecular formula is C21H27F3N4O4S. The summed E-state index contributed by atoms with van der Waals surface area (Å²) in [6, 6.07) is 5.27. The summed E-state index contributed by atoms with van der Waals surface area (Å²) in [5.41, 5.74) is 0.561. The molecule has 0 saturated carbocycles. The summed E-state index contributed by atoms with van der Waals surface area (Å²) < 4.78 is 45.8. The largest absolute Gasteiger partial charge is 0.573 e. The highest BCUT2D eigenvalue weighted by molar-refractivity contribution is 7.97. The smallest absolute Gasteiger partial charge is 0.445 e. The quantitative estimate of drug-likeness (QED) is 0.655. The van der Waals surface area contributed by atoms with Crippen molar-refractivity contribution < 1.29 is 32.2 Å². The van der Waals surface area contributed by atoms with E-state index in [0.29, 0.717) is 37.0 Å². The third-order valence-electron chi connectivity index (χ3n) is 6.44. The van der Waals surface area contributed by atoms with Crippen LogP contribution in [0.25, 0.3) is 0 Å². The van der Waals surface area contributed by atoms with Crippen molar-refractivity contribution in [3.05, 3.63) is 29.8 Å². The summed E-state index contributed by atoms with van der Waals surface area (Å²) in [5, 5.41) is 6.06. The SMILES string of the molecule is NSC1CCN(C(=O)N2CC3CN(C(=O)OCc4ccc(OC(F)(F)F)cc4)CC3C2)CC1. The molecule has 3 fully saturated rings.